The van der Waals surface area contributed by atoms with Crippen LogP contribution in [0.5, 0.6) is 0 Å². The molecule has 0 bridgehead atoms. The Morgan fingerprint density at radius 2 is 1.09 bits per heavy atom. The van der Waals surface area contributed by atoms with Crippen LogP contribution in [0.15, 0.2) is 0 Å². The summed E-state index contributed by atoms with van der Waals surface area (Å²) in [6.45, 7) is 8.94. The first-order valence-electron chi connectivity index (χ1n) is 4.56. The van der Waals surface area contributed by atoms with Crippen molar-refractivity contribution in [1.82, 2.24) is 0 Å². The molecule has 0 aromatic rings. The summed E-state index contributed by atoms with van der Waals surface area (Å²) in [6.07, 6.45) is 7.27. The van der Waals surface area contributed by atoms with Gasteiger partial charge in [-0.1, -0.05) is 59.8 Å². The Hall–Kier alpha value is 0.688. The third kappa shape index (κ3) is 13.6. The van der Waals surface area contributed by atoms with Gasteiger partial charge < -0.3 is 0 Å². The minimum absolute atomic E-state index is 0. The van der Waals surface area contributed by atoms with Crippen molar-refractivity contribution in [3.63, 3.8) is 0 Å². The van der Waals surface area contributed by atoms with E-state index in [0.29, 0.717) is 5.41 Å². The van der Waals surface area contributed by atoms with Gasteiger partial charge in [0.05, 0.1) is 0 Å². The zero-order valence-corrected chi connectivity index (χ0v) is 11.4. The molecular formula is C10H22W. The molecule has 0 radical (unpaired) electrons. The molecule has 1 fully saturated rings. The van der Waals surface area contributed by atoms with Gasteiger partial charge in [-0.25, -0.2) is 0 Å². The largest absolute Gasteiger partial charge is 0.0649 e. The van der Waals surface area contributed by atoms with E-state index in [9.17, 15) is 0 Å². The minimum atomic E-state index is 0. The van der Waals surface area contributed by atoms with Crippen LogP contribution in [0.4, 0.5) is 0 Å². The summed E-state index contributed by atoms with van der Waals surface area (Å²) in [5, 5.41) is 0. The number of hydrogen-bond donors (Lipinski definition) is 0. The minimum Gasteiger partial charge on any atom is -0.0649 e. The molecule has 68 valence electrons. The maximum Gasteiger partial charge on any atom is 0 e. The molecule has 0 atom stereocenters. The molecule has 1 rings (SSSR count). The molecule has 0 N–H and O–H groups in total. The molecule has 0 saturated heterocycles. The fourth-order valence-electron chi connectivity index (χ4n) is 0.250. The molecule has 0 spiro atoms. The van der Waals surface area contributed by atoms with Crippen molar-refractivity contribution in [3.05, 3.63) is 0 Å². The third-order valence-electron chi connectivity index (χ3n) is 2.06. The van der Waals surface area contributed by atoms with Crippen LogP contribution < -0.4 is 0 Å². The van der Waals surface area contributed by atoms with Gasteiger partial charge in [0, 0.05) is 21.1 Å². The standard InChI is InChI=1S/C6H14.C4H8.W/c1-5-6(2,3)4;1-2-4-3-1;/h5H2,1-4H3;1-4H2;. The van der Waals surface area contributed by atoms with Gasteiger partial charge in [0.1, 0.15) is 0 Å². The summed E-state index contributed by atoms with van der Waals surface area (Å²) in [7, 11) is 0. The summed E-state index contributed by atoms with van der Waals surface area (Å²) >= 11 is 0. The van der Waals surface area contributed by atoms with Gasteiger partial charge in [0.2, 0.25) is 0 Å². The molecule has 0 heterocycles. The maximum absolute atomic E-state index is 2.24. The topological polar surface area (TPSA) is 0 Å². The predicted molar refractivity (Wildman–Crippen MR) is 48.2 cm³/mol. The quantitative estimate of drug-likeness (QED) is 0.631. The monoisotopic (exact) mass is 326 g/mol. The van der Waals surface area contributed by atoms with Crippen LogP contribution in [-0.4, -0.2) is 0 Å². The van der Waals surface area contributed by atoms with E-state index < -0.39 is 0 Å². The van der Waals surface area contributed by atoms with E-state index in [4.69, 9.17) is 0 Å². The van der Waals surface area contributed by atoms with E-state index in [-0.39, 0.29) is 21.1 Å². The molecule has 0 aliphatic heterocycles. The number of hydrogen-bond acceptors (Lipinski definition) is 0. The summed E-state index contributed by atoms with van der Waals surface area (Å²) in [4.78, 5) is 0. The molecule has 11 heavy (non-hydrogen) atoms. The normalized spacial score (nSPS) is 15.3. The fourth-order valence-corrected chi connectivity index (χ4v) is 0.250. The molecule has 1 heteroatoms. The zero-order chi connectivity index (χ0) is 8.04. The molecule has 0 unspecified atom stereocenters. The van der Waals surface area contributed by atoms with Gasteiger partial charge >= 0.3 is 0 Å². The zero-order valence-electron chi connectivity index (χ0n) is 8.44. The van der Waals surface area contributed by atoms with Gasteiger partial charge in [0.15, 0.2) is 0 Å². The van der Waals surface area contributed by atoms with E-state index in [0.717, 1.165) is 0 Å². The summed E-state index contributed by atoms with van der Waals surface area (Å²) in [5.41, 5.74) is 0.542. The van der Waals surface area contributed by atoms with Crippen molar-refractivity contribution in [2.24, 2.45) is 5.41 Å². The Morgan fingerprint density at radius 1 is 0.909 bits per heavy atom. The molecule has 0 aromatic heterocycles. The van der Waals surface area contributed by atoms with Crippen molar-refractivity contribution in [2.75, 3.05) is 0 Å². The molecule has 0 amide bonds. The van der Waals surface area contributed by atoms with Gasteiger partial charge in [-0.2, -0.15) is 0 Å². The van der Waals surface area contributed by atoms with Crippen molar-refractivity contribution < 1.29 is 21.1 Å². The van der Waals surface area contributed by atoms with Crippen LogP contribution in [0.3, 0.4) is 0 Å². The second-order valence-electron chi connectivity index (χ2n) is 4.33. The SMILES string of the molecule is C1CCC1.CCC(C)(C)C.[W]. The Morgan fingerprint density at radius 3 is 1.09 bits per heavy atom. The van der Waals surface area contributed by atoms with Crippen LogP contribution >= 0.6 is 0 Å². The van der Waals surface area contributed by atoms with Crippen molar-refractivity contribution in [2.45, 2.75) is 59.8 Å². The molecule has 0 aromatic carbocycles. The average molecular weight is 326 g/mol. The Kier molecular flexibility index (Phi) is 9.50. The second-order valence-corrected chi connectivity index (χ2v) is 4.33. The van der Waals surface area contributed by atoms with Crippen LogP contribution in [0.1, 0.15) is 59.8 Å². The van der Waals surface area contributed by atoms with Gasteiger partial charge in [0.25, 0.3) is 0 Å². The Bertz CT molecular complexity index is 63.4. The van der Waals surface area contributed by atoms with Crippen molar-refractivity contribution >= 4 is 0 Å². The van der Waals surface area contributed by atoms with Crippen molar-refractivity contribution in [1.29, 1.82) is 0 Å². The van der Waals surface area contributed by atoms with Crippen LogP contribution in [0, 0.1) is 5.41 Å². The van der Waals surface area contributed by atoms with Crippen LogP contribution in [-0.2, 0) is 21.1 Å². The fraction of sp³-hybridized carbons (Fsp3) is 1.00. The maximum atomic E-state index is 2.24. The van der Waals surface area contributed by atoms with Crippen molar-refractivity contribution in [3.8, 4) is 0 Å². The summed E-state index contributed by atoms with van der Waals surface area (Å²) < 4.78 is 0. The number of rotatable bonds is 0. The Balaban J connectivity index is 0. The first-order chi connectivity index (χ1) is 4.56. The van der Waals surface area contributed by atoms with Gasteiger partial charge in [-0.15, -0.1) is 0 Å². The molecular weight excluding hydrogens is 304 g/mol. The van der Waals surface area contributed by atoms with E-state index in [2.05, 4.69) is 27.7 Å². The van der Waals surface area contributed by atoms with E-state index >= 15 is 0 Å². The summed E-state index contributed by atoms with van der Waals surface area (Å²) in [6, 6.07) is 0. The summed E-state index contributed by atoms with van der Waals surface area (Å²) in [5.74, 6) is 0. The molecule has 1 aliphatic carbocycles. The predicted octanol–water partition coefficient (Wildman–Crippen LogP) is 4.00. The Labute approximate surface area is 86.4 Å². The van der Waals surface area contributed by atoms with E-state index in [1.54, 1.807) is 0 Å². The van der Waals surface area contributed by atoms with E-state index in [1.165, 1.54) is 32.1 Å². The first kappa shape index (κ1) is 14.2. The molecule has 1 aliphatic rings. The van der Waals surface area contributed by atoms with Gasteiger partial charge in [-0.3, -0.25) is 0 Å². The average Bonchev–Trinajstić information content (AvgIpc) is 1.59. The van der Waals surface area contributed by atoms with Crippen LogP contribution in [0.25, 0.3) is 0 Å². The molecule has 1 saturated carbocycles. The molecule has 0 nitrogen and oxygen atoms in total. The van der Waals surface area contributed by atoms with E-state index in [1.807, 2.05) is 0 Å². The van der Waals surface area contributed by atoms with Gasteiger partial charge in [-0.05, 0) is 5.41 Å². The smallest absolute Gasteiger partial charge is 0 e. The first-order valence-corrected chi connectivity index (χ1v) is 4.56. The van der Waals surface area contributed by atoms with Crippen LogP contribution in [0.2, 0.25) is 0 Å². The second kappa shape index (κ2) is 7.34. The third-order valence-corrected chi connectivity index (χ3v) is 2.06.